The van der Waals surface area contributed by atoms with Gasteiger partial charge in [-0.15, -0.1) is 0 Å². The van der Waals surface area contributed by atoms with E-state index >= 15 is 0 Å². The Bertz CT molecular complexity index is 1250. The molecule has 3 amide bonds. The van der Waals surface area contributed by atoms with E-state index in [0.29, 0.717) is 22.5 Å². The second-order valence-corrected chi connectivity index (χ2v) is 8.26. The van der Waals surface area contributed by atoms with Crippen molar-refractivity contribution in [3.05, 3.63) is 95.7 Å². The number of hydrogen-bond donors (Lipinski definition) is 2. The van der Waals surface area contributed by atoms with Crippen molar-refractivity contribution in [2.75, 3.05) is 29.6 Å². The first-order valence-electron chi connectivity index (χ1n) is 10.9. The number of amides is 3. The van der Waals surface area contributed by atoms with Gasteiger partial charge in [-0.2, -0.15) is 0 Å². The minimum Gasteiger partial charge on any atom is -0.378 e. The predicted octanol–water partition coefficient (Wildman–Crippen LogP) is 4.10. The zero-order valence-corrected chi connectivity index (χ0v) is 19.3. The van der Waals surface area contributed by atoms with Crippen LogP contribution in [0.3, 0.4) is 0 Å². The average Bonchev–Trinajstić information content (AvgIpc) is 3.04. The quantitative estimate of drug-likeness (QED) is 0.525. The molecule has 34 heavy (non-hydrogen) atoms. The summed E-state index contributed by atoms with van der Waals surface area (Å²) in [5.41, 5.74) is 4.32. The van der Waals surface area contributed by atoms with Gasteiger partial charge in [-0.1, -0.05) is 42.5 Å². The number of imide groups is 1. The Hall–Kier alpha value is -4.39. The Morgan fingerprint density at radius 2 is 1.44 bits per heavy atom. The Labute approximate surface area is 198 Å². The van der Waals surface area contributed by atoms with Crippen molar-refractivity contribution < 1.29 is 14.4 Å². The minimum absolute atomic E-state index is 0.177. The maximum Gasteiger partial charge on any atom is 0.278 e. The summed E-state index contributed by atoms with van der Waals surface area (Å²) in [6.45, 7) is 1.61. The van der Waals surface area contributed by atoms with E-state index in [1.807, 2.05) is 73.6 Å². The normalized spacial score (nSPS) is 13.3. The van der Waals surface area contributed by atoms with Crippen LogP contribution in [0.4, 0.5) is 17.1 Å². The summed E-state index contributed by atoms with van der Waals surface area (Å²) in [5, 5.41) is 5.89. The summed E-state index contributed by atoms with van der Waals surface area (Å²) >= 11 is 0. The van der Waals surface area contributed by atoms with Crippen molar-refractivity contribution in [2.24, 2.45) is 0 Å². The third kappa shape index (κ3) is 4.83. The molecule has 7 heteroatoms. The molecule has 0 radical (unpaired) electrons. The Balaban J connectivity index is 1.70. The predicted molar refractivity (Wildman–Crippen MR) is 134 cm³/mol. The molecule has 3 aromatic rings. The van der Waals surface area contributed by atoms with E-state index in [1.54, 1.807) is 24.3 Å². The fraction of sp³-hybridized carbons (Fsp3) is 0.148. The molecule has 4 rings (SSSR count). The van der Waals surface area contributed by atoms with E-state index in [4.69, 9.17) is 0 Å². The summed E-state index contributed by atoms with van der Waals surface area (Å²) in [5.74, 6) is -0.934. The molecule has 0 saturated heterocycles. The molecule has 172 valence electrons. The van der Waals surface area contributed by atoms with Gasteiger partial charge in [-0.05, 0) is 47.5 Å². The van der Waals surface area contributed by atoms with Crippen molar-refractivity contribution in [2.45, 2.75) is 13.5 Å². The van der Waals surface area contributed by atoms with Crippen molar-refractivity contribution in [1.29, 1.82) is 0 Å². The van der Waals surface area contributed by atoms with E-state index in [1.165, 1.54) is 11.8 Å². The van der Waals surface area contributed by atoms with Crippen LogP contribution in [0.15, 0.2) is 84.6 Å². The van der Waals surface area contributed by atoms with Crippen LogP contribution in [0.2, 0.25) is 0 Å². The largest absolute Gasteiger partial charge is 0.378 e. The minimum atomic E-state index is -0.383. The first-order chi connectivity index (χ1) is 16.3. The van der Waals surface area contributed by atoms with Gasteiger partial charge < -0.3 is 15.5 Å². The van der Waals surface area contributed by atoms with Gasteiger partial charge in [0.1, 0.15) is 5.70 Å². The molecule has 1 aliphatic heterocycles. The Morgan fingerprint density at radius 3 is 2.03 bits per heavy atom. The molecule has 0 aromatic heterocycles. The third-order valence-electron chi connectivity index (χ3n) is 5.50. The number of hydrogen-bond acceptors (Lipinski definition) is 5. The number of benzene rings is 3. The van der Waals surface area contributed by atoms with Gasteiger partial charge in [0.05, 0.1) is 12.1 Å². The molecule has 0 bridgehead atoms. The topological polar surface area (TPSA) is 81.8 Å². The number of carbonyl (C=O) groups is 3. The summed E-state index contributed by atoms with van der Waals surface area (Å²) < 4.78 is 0. The maximum absolute atomic E-state index is 13.5. The zero-order chi connectivity index (χ0) is 24.2. The van der Waals surface area contributed by atoms with Gasteiger partial charge in [-0.25, -0.2) is 0 Å². The van der Waals surface area contributed by atoms with Crippen molar-refractivity contribution in [3.63, 3.8) is 0 Å². The molecule has 0 fully saturated rings. The molecular formula is C27H26N4O3. The zero-order valence-electron chi connectivity index (χ0n) is 19.3. The van der Waals surface area contributed by atoms with Crippen LogP contribution in [0.1, 0.15) is 18.1 Å². The SMILES string of the molecule is CC(=O)Nc1ccc(C2=C(Nc3ccc(N(C)C)cc3)C(=O)N(Cc3ccccc3)C2=O)cc1. The van der Waals surface area contributed by atoms with Crippen LogP contribution >= 0.6 is 0 Å². The molecule has 1 heterocycles. The van der Waals surface area contributed by atoms with E-state index in [-0.39, 0.29) is 30.0 Å². The second kappa shape index (κ2) is 9.62. The second-order valence-electron chi connectivity index (χ2n) is 8.26. The monoisotopic (exact) mass is 454 g/mol. The Morgan fingerprint density at radius 1 is 0.824 bits per heavy atom. The van der Waals surface area contributed by atoms with Crippen LogP contribution < -0.4 is 15.5 Å². The average molecular weight is 455 g/mol. The molecule has 0 spiro atoms. The van der Waals surface area contributed by atoms with Gasteiger partial charge in [-0.3, -0.25) is 19.3 Å². The molecular weight excluding hydrogens is 428 g/mol. The van der Waals surface area contributed by atoms with E-state index in [0.717, 1.165) is 11.3 Å². The van der Waals surface area contributed by atoms with Gasteiger partial charge >= 0.3 is 0 Å². The van der Waals surface area contributed by atoms with Gasteiger partial charge in [0.2, 0.25) is 5.91 Å². The van der Waals surface area contributed by atoms with Crippen LogP contribution in [0.25, 0.3) is 5.57 Å². The molecule has 0 saturated carbocycles. The highest BCUT2D eigenvalue weighted by molar-refractivity contribution is 6.36. The standard InChI is InChI=1S/C27H26N4O3/c1-18(32)28-21-11-9-20(10-12-21)24-25(29-22-13-15-23(16-14-22)30(2)3)27(34)31(26(24)33)17-19-7-5-4-6-8-19/h4-16,29H,17H2,1-3H3,(H,28,32). The highest BCUT2D eigenvalue weighted by Gasteiger charge is 2.39. The lowest BCUT2D eigenvalue weighted by molar-refractivity contribution is -0.137. The van der Waals surface area contributed by atoms with E-state index in [9.17, 15) is 14.4 Å². The van der Waals surface area contributed by atoms with Crippen molar-refractivity contribution in [1.82, 2.24) is 4.90 Å². The summed E-state index contributed by atoms with van der Waals surface area (Å²) in [7, 11) is 3.91. The number of rotatable bonds is 7. The lowest BCUT2D eigenvalue weighted by Crippen LogP contribution is -2.31. The van der Waals surface area contributed by atoms with E-state index < -0.39 is 0 Å². The maximum atomic E-state index is 13.5. The molecule has 2 N–H and O–H groups in total. The highest BCUT2D eigenvalue weighted by Crippen LogP contribution is 2.32. The first-order valence-corrected chi connectivity index (χ1v) is 10.9. The number of nitrogens with zero attached hydrogens (tertiary/aromatic N) is 2. The van der Waals surface area contributed by atoms with Crippen LogP contribution in [0, 0.1) is 0 Å². The highest BCUT2D eigenvalue weighted by atomic mass is 16.2. The molecule has 1 aliphatic rings. The first kappa shape index (κ1) is 22.8. The molecule has 0 unspecified atom stereocenters. The summed E-state index contributed by atoms with van der Waals surface area (Å²) in [6, 6.07) is 23.9. The van der Waals surface area contributed by atoms with Gasteiger partial charge in [0.15, 0.2) is 0 Å². The number of carbonyl (C=O) groups excluding carboxylic acids is 3. The van der Waals surface area contributed by atoms with Gasteiger partial charge in [0.25, 0.3) is 11.8 Å². The van der Waals surface area contributed by atoms with Crippen LogP contribution in [-0.2, 0) is 20.9 Å². The van der Waals surface area contributed by atoms with E-state index in [2.05, 4.69) is 10.6 Å². The van der Waals surface area contributed by atoms with Crippen LogP contribution in [-0.4, -0.2) is 36.7 Å². The lowest BCUT2D eigenvalue weighted by atomic mass is 10.0. The fourth-order valence-corrected chi connectivity index (χ4v) is 3.78. The molecule has 3 aromatic carbocycles. The third-order valence-corrected chi connectivity index (χ3v) is 5.50. The summed E-state index contributed by atoms with van der Waals surface area (Å²) in [6.07, 6.45) is 0. The van der Waals surface area contributed by atoms with Crippen LogP contribution in [0.5, 0.6) is 0 Å². The lowest BCUT2D eigenvalue weighted by Gasteiger charge is -2.16. The molecule has 0 atom stereocenters. The number of nitrogens with one attached hydrogen (secondary N) is 2. The van der Waals surface area contributed by atoms with Gasteiger partial charge in [0, 0.05) is 38.1 Å². The molecule has 0 aliphatic carbocycles. The smallest absolute Gasteiger partial charge is 0.278 e. The fourth-order valence-electron chi connectivity index (χ4n) is 3.78. The van der Waals surface area contributed by atoms with Crippen molar-refractivity contribution in [3.8, 4) is 0 Å². The number of anilines is 3. The Kier molecular flexibility index (Phi) is 6.45. The molecule has 7 nitrogen and oxygen atoms in total. The van der Waals surface area contributed by atoms with Crippen molar-refractivity contribution >= 4 is 40.4 Å². The summed E-state index contributed by atoms with van der Waals surface area (Å²) in [4.78, 5) is 41.5.